The fraction of sp³-hybridized carbons (Fsp3) is 0. The van der Waals surface area contributed by atoms with Crippen LogP contribution in [-0.4, -0.2) is 11.3 Å². The van der Waals surface area contributed by atoms with E-state index in [2.05, 4.69) is 4.98 Å². The third-order valence-corrected chi connectivity index (χ3v) is 1.97. The standard InChI is InChI=1S/C10H6N2O/c11-4-7-1-2-10-9(3-7)8(6-13)5-12-10/h1-3,5-6,12H. The maximum Gasteiger partial charge on any atom is 0.152 e. The van der Waals surface area contributed by atoms with Gasteiger partial charge in [0.1, 0.15) is 0 Å². The van der Waals surface area contributed by atoms with Crippen molar-refractivity contribution in [2.24, 2.45) is 0 Å². The average Bonchev–Trinajstić information content (AvgIpc) is 2.59. The van der Waals surface area contributed by atoms with Gasteiger partial charge < -0.3 is 4.98 Å². The van der Waals surface area contributed by atoms with Gasteiger partial charge in [-0.15, -0.1) is 0 Å². The van der Waals surface area contributed by atoms with Crippen LogP contribution in [0.15, 0.2) is 24.4 Å². The number of nitrogens with zero attached hydrogens (tertiary/aromatic N) is 1. The molecule has 3 heteroatoms. The molecule has 0 saturated heterocycles. The number of rotatable bonds is 1. The lowest BCUT2D eigenvalue weighted by Crippen LogP contribution is -1.77. The summed E-state index contributed by atoms with van der Waals surface area (Å²) in [6.45, 7) is 0. The molecule has 0 atom stereocenters. The Bertz CT molecular complexity index is 505. The van der Waals surface area contributed by atoms with Crippen molar-refractivity contribution in [3.8, 4) is 6.07 Å². The molecular formula is C10H6N2O. The van der Waals surface area contributed by atoms with E-state index >= 15 is 0 Å². The van der Waals surface area contributed by atoms with Gasteiger partial charge in [-0.25, -0.2) is 0 Å². The van der Waals surface area contributed by atoms with E-state index in [0.717, 1.165) is 17.2 Å². The number of hydrogen-bond donors (Lipinski definition) is 1. The Balaban J connectivity index is 2.80. The van der Waals surface area contributed by atoms with Crippen molar-refractivity contribution in [3.63, 3.8) is 0 Å². The number of nitrogens with one attached hydrogen (secondary N) is 1. The molecule has 0 aliphatic rings. The van der Waals surface area contributed by atoms with Gasteiger partial charge in [0, 0.05) is 22.7 Å². The second-order valence-corrected chi connectivity index (χ2v) is 2.73. The van der Waals surface area contributed by atoms with Gasteiger partial charge in [-0.2, -0.15) is 5.26 Å². The topological polar surface area (TPSA) is 56.6 Å². The molecule has 1 aromatic heterocycles. The summed E-state index contributed by atoms with van der Waals surface area (Å²) in [5.74, 6) is 0. The van der Waals surface area contributed by atoms with E-state index < -0.39 is 0 Å². The number of H-pyrrole nitrogens is 1. The maximum absolute atomic E-state index is 10.6. The van der Waals surface area contributed by atoms with Crippen LogP contribution < -0.4 is 0 Å². The molecule has 13 heavy (non-hydrogen) atoms. The van der Waals surface area contributed by atoms with Crippen LogP contribution in [0.4, 0.5) is 0 Å². The third kappa shape index (κ3) is 1.09. The highest BCUT2D eigenvalue weighted by Gasteiger charge is 2.02. The Morgan fingerprint density at radius 3 is 3.00 bits per heavy atom. The van der Waals surface area contributed by atoms with Gasteiger partial charge in [0.2, 0.25) is 0 Å². The fourth-order valence-corrected chi connectivity index (χ4v) is 1.31. The van der Waals surface area contributed by atoms with Crippen molar-refractivity contribution in [1.82, 2.24) is 4.98 Å². The van der Waals surface area contributed by atoms with Crippen LogP contribution >= 0.6 is 0 Å². The van der Waals surface area contributed by atoms with Gasteiger partial charge in [-0.05, 0) is 18.2 Å². The number of hydrogen-bond acceptors (Lipinski definition) is 2. The minimum atomic E-state index is 0.565. The molecule has 0 aliphatic heterocycles. The lowest BCUT2D eigenvalue weighted by molar-refractivity contribution is 0.112. The van der Waals surface area contributed by atoms with Crippen molar-refractivity contribution in [3.05, 3.63) is 35.5 Å². The molecule has 0 fully saturated rings. The highest BCUT2D eigenvalue weighted by atomic mass is 16.1. The molecule has 2 aromatic rings. The lowest BCUT2D eigenvalue weighted by Gasteiger charge is -1.90. The summed E-state index contributed by atoms with van der Waals surface area (Å²) in [7, 11) is 0. The van der Waals surface area contributed by atoms with Gasteiger partial charge in [-0.1, -0.05) is 0 Å². The second kappa shape index (κ2) is 2.76. The van der Waals surface area contributed by atoms with Gasteiger partial charge in [-0.3, -0.25) is 4.79 Å². The van der Waals surface area contributed by atoms with E-state index in [1.807, 2.05) is 6.07 Å². The number of aromatic nitrogens is 1. The van der Waals surface area contributed by atoms with Crippen molar-refractivity contribution >= 4 is 17.2 Å². The Hall–Kier alpha value is -2.08. The molecule has 1 heterocycles. The highest BCUT2D eigenvalue weighted by molar-refractivity contribution is 5.97. The monoisotopic (exact) mass is 170 g/mol. The molecule has 0 amide bonds. The van der Waals surface area contributed by atoms with Crippen LogP contribution in [0.5, 0.6) is 0 Å². The molecule has 0 spiro atoms. The maximum atomic E-state index is 10.6. The number of carbonyl (C=O) groups is 1. The quantitative estimate of drug-likeness (QED) is 0.664. The third-order valence-electron chi connectivity index (χ3n) is 1.97. The van der Waals surface area contributed by atoms with Crippen molar-refractivity contribution in [2.45, 2.75) is 0 Å². The molecule has 0 bridgehead atoms. The predicted molar refractivity (Wildman–Crippen MR) is 48.4 cm³/mol. The number of benzene rings is 1. The molecular weight excluding hydrogens is 164 g/mol. The van der Waals surface area contributed by atoms with Gasteiger partial charge >= 0.3 is 0 Å². The van der Waals surface area contributed by atoms with E-state index in [1.54, 1.807) is 24.4 Å². The summed E-state index contributed by atoms with van der Waals surface area (Å²) in [6.07, 6.45) is 2.42. The first-order chi connectivity index (χ1) is 6.35. The number of fused-ring (bicyclic) bond motifs is 1. The smallest absolute Gasteiger partial charge is 0.152 e. The fourth-order valence-electron chi connectivity index (χ4n) is 1.31. The molecule has 1 aromatic carbocycles. The molecule has 2 rings (SSSR count). The Morgan fingerprint density at radius 2 is 2.31 bits per heavy atom. The summed E-state index contributed by atoms with van der Waals surface area (Å²) < 4.78 is 0. The summed E-state index contributed by atoms with van der Waals surface area (Å²) in [6, 6.07) is 7.24. The van der Waals surface area contributed by atoms with E-state index in [1.165, 1.54) is 0 Å². The predicted octanol–water partition coefficient (Wildman–Crippen LogP) is 1.85. The molecule has 0 unspecified atom stereocenters. The number of carbonyl (C=O) groups excluding carboxylic acids is 1. The molecule has 1 N–H and O–H groups in total. The largest absolute Gasteiger partial charge is 0.360 e. The van der Waals surface area contributed by atoms with Crippen LogP contribution in [0.2, 0.25) is 0 Å². The minimum Gasteiger partial charge on any atom is -0.360 e. The number of nitriles is 1. The molecule has 0 radical (unpaired) electrons. The molecule has 62 valence electrons. The lowest BCUT2D eigenvalue weighted by atomic mass is 10.1. The number of aromatic amines is 1. The average molecular weight is 170 g/mol. The van der Waals surface area contributed by atoms with E-state index in [9.17, 15) is 4.79 Å². The van der Waals surface area contributed by atoms with Crippen LogP contribution in [0.3, 0.4) is 0 Å². The zero-order valence-electron chi connectivity index (χ0n) is 6.74. The normalized spacial score (nSPS) is 9.77. The van der Waals surface area contributed by atoms with Crippen LogP contribution in [-0.2, 0) is 0 Å². The Labute approximate surface area is 74.6 Å². The molecule has 3 nitrogen and oxygen atoms in total. The molecule has 0 saturated carbocycles. The second-order valence-electron chi connectivity index (χ2n) is 2.73. The van der Waals surface area contributed by atoms with Crippen molar-refractivity contribution in [2.75, 3.05) is 0 Å². The first-order valence-corrected chi connectivity index (χ1v) is 3.81. The summed E-state index contributed by atoms with van der Waals surface area (Å²) in [5.41, 5.74) is 2.03. The first-order valence-electron chi connectivity index (χ1n) is 3.81. The number of aldehydes is 1. The summed E-state index contributed by atoms with van der Waals surface area (Å²) >= 11 is 0. The van der Waals surface area contributed by atoms with Crippen LogP contribution in [0.25, 0.3) is 10.9 Å². The van der Waals surface area contributed by atoms with Crippen LogP contribution in [0.1, 0.15) is 15.9 Å². The van der Waals surface area contributed by atoms with Gasteiger partial charge in [0.05, 0.1) is 11.6 Å². The zero-order chi connectivity index (χ0) is 9.26. The Morgan fingerprint density at radius 1 is 1.46 bits per heavy atom. The SMILES string of the molecule is N#Cc1ccc2[nH]cc(C=O)c2c1. The van der Waals surface area contributed by atoms with E-state index in [0.29, 0.717) is 11.1 Å². The highest BCUT2D eigenvalue weighted by Crippen LogP contribution is 2.17. The first kappa shape index (κ1) is 7.56. The van der Waals surface area contributed by atoms with Crippen LogP contribution in [0, 0.1) is 11.3 Å². The zero-order valence-corrected chi connectivity index (χ0v) is 6.74. The minimum absolute atomic E-state index is 0.565. The van der Waals surface area contributed by atoms with Crippen molar-refractivity contribution in [1.29, 1.82) is 5.26 Å². The Kier molecular flexibility index (Phi) is 1.60. The van der Waals surface area contributed by atoms with E-state index in [-0.39, 0.29) is 0 Å². The summed E-state index contributed by atoms with van der Waals surface area (Å²) in [5, 5.41) is 9.45. The van der Waals surface area contributed by atoms with Crippen molar-refractivity contribution < 1.29 is 4.79 Å². The van der Waals surface area contributed by atoms with Gasteiger partial charge in [0.15, 0.2) is 6.29 Å². The van der Waals surface area contributed by atoms with E-state index in [4.69, 9.17) is 5.26 Å². The molecule has 0 aliphatic carbocycles. The summed E-state index contributed by atoms with van der Waals surface area (Å²) in [4.78, 5) is 13.5. The van der Waals surface area contributed by atoms with Gasteiger partial charge in [0.25, 0.3) is 0 Å².